The van der Waals surface area contributed by atoms with E-state index in [4.69, 9.17) is 4.74 Å². The van der Waals surface area contributed by atoms with Crippen molar-refractivity contribution in [2.24, 2.45) is 16.2 Å². The highest BCUT2D eigenvalue weighted by Crippen LogP contribution is 2.74. The Morgan fingerprint density at radius 3 is 1.48 bits per heavy atom. The first kappa shape index (κ1) is 31.7. The standard InChI is InChI=1S/C29H46N2O9/c1-25(2,3)40-24(39)30-13-5-4-6-20(32)31-29-17-26(10-7-21(33)34)14-27(18-29,11-8-22(35)36)16-28(15-26,19-29)12-9-23(37)38/h4-19H2,1-3H3,(H,30,39)(H,31,32)(H,33,34)(H,35,36)(H,37,38). The average molecular weight is 567 g/mol. The molecule has 0 heterocycles. The van der Waals surface area contributed by atoms with Crippen LogP contribution >= 0.6 is 0 Å². The Morgan fingerprint density at radius 1 is 0.675 bits per heavy atom. The van der Waals surface area contributed by atoms with Crippen LogP contribution in [0.5, 0.6) is 0 Å². The highest BCUT2D eigenvalue weighted by Gasteiger charge is 2.67. The lowest BCUT2D eigenvalue weighted by molar-refractivity contribution is -0.192. The molecule has 0 aromatic rings. The van der Waals surface area contributed by atoms with Gasteiger partial charge in [0.25, 0.3) is 0 Å². The van der Waals surface area contributed by atoms with Crippen LogP contribution in [0.15, 0.2) is 0 Å². The summed E-state index contributed by atoms with van der Waals surface area (Å²) in [5, 5.41) is 34.4. The molecule has 11 heteroatoms. The molecule has 40 heavy (non-hydrogen) atoms. The third kappa shape index (κ3) is 8.57. The summed E-state index contributed by atoms with van der Waals surface area (Å²) in [5.41, 5.74) is -2.35. The van der Waals surface area contributed by atoms with Crippen molar-refractivity contribution in [3.63, 3.8) is 0 Å². The molecule has 0 saturated heterocycles. The van der Waals surface area contributed by atoms with Gasteiger partial charge < -0.3 is 30.7 Å². The second kappa shape index (κ2) is 11.9. The largest absolute Gasteiger partial charge is 0.481 e. The van der Waals surface area contributed by atoms with Crippen molar-refractivity contribution in [2.75, 3.05) is 6.54 Å². The molecule has 11 nitrogen and oxygen atoms in total. The molecule has 4 saturated carbocycles. The van der Waals surface area contributed by atoms with E-state index < -0.39 is 35.1 Å². The van der Waals surface area contributed by atoms with Gasteiger partial charge in [-0.15, -0.1) is 0 Å². The Kier molecular flexibility index (Phi) is 9.46. The normalized spacial score (nSPS) is 30.5. The molecule has 0 spiro atoms. The summed E-state index contributed by atoms with van der Waals surface area (Å²) in [5.74, 6) is -2.82. The Bertz CT molecular complexity index is 910. The van der Waals surface area contributed by atoms with E-state index in [-0.39, 0.29) is 47.8 Å². The van der Waals surface area contributed by atoms with Crippen molar-refractivity contribution in [3.05, 3.63) is 0 Å². The summed E-state index contributed by atoms with van der Waals surface area (Å²) in [4.78, 5) is 59.7. The minimum Gasteiger partial charge on any atom is -0.481 e. The zero-order valence-electron chi connectivity index (χ0n) is 24.1. The molecule has 4 aliphatic carbocycles. The molecule has 0 aromatic carbocycles. The van der Waals surface area contributed by atoms with Crippen LogP contribution < -0.4 is 10.6 Å². The number of carboxylic acid groups (broad SMARTS) is 3. The van der Waals surface area contributed by atoms with Crippen LogP contribution in [-0.2, 0) is 23.9 Å². The molecule has 4 fully saturated rings. The summed E-state index contributed by atoms with van der Waals surface area (Å²) in [6, 6.07) is 0. The van der Waals surface area contributed by atoms with Crippen LogP contribution in [0, 0.1) is 16.2 Å². The van der Waals surface area contributed by atoms with E-state index in [0.29, 0.717) is 77.2 Å². The predicted octanol–water partition coefficient (Wildman–Crippen LogP) is 4.47. The lowest BCUT2D eigenvalue weighted by atomic mass is 9.35. The molecule has 0 atom stereocenters. The molecule has 4 rings (SSSR count). The fraction of sp³-hybridized carbons (Fsp3) is 0.828. The third-order valence-corrected chi connectivity index (χ3v) is 8.90. The highest BCUT2D eigenvalue weighted by molar-refractivity contribution is 5.77. The predicted molar refractivity (Wildman–Crippen MR) is 145 cm³/mol. The zero-order chi connectivity index (χ0) is 29.8. The number of hydrogen-bond donors (Lipinski definition) is 5. The Balaban J connectivity index is 1.73. The Labute approximate surface area is 235 Å². The maximum atomic E-state index is 13.2. The van der Waals surface area contributed by atoms with Crippen LogP contribution in [0.2, 0.25) is 0 Å². The van der Waals surface area contributed by atoms with Crippen LogP contribution in [0.1, 0.15) is 117 Å². The van der Waals surface area contributed by atoms with Crippen molar-refractivity contribution in [1.82, 2.24) is 10.6 Å². The van der Waals surface area contributed by atoms with Crippen LogP contribution in [0.3, 0.4) is 0 Å². The van der Waals surface area contributed by atoms with E-state index in [1.165, 1.54) is 0 Å². The molecule has 0 aromatic heterocycles. The second-order valence-corrected chi connectivity index (χ2v) is 14.0. The minimum absolute atomic E-state index is 0.0152. The Morgan fingerprint density at radius 2 is 1.10 bits per heavy atom. The molecule has 0 radical (unpaired) electrons. The van der Waals surface area contributed by atoms with Gasteiger partial charge in [0.15, 0.2) is 0 Å². The van der Waals surface area contributed by atoms with Gasteiger partial charge >= 0.3 is 24.0 Å². The van der Waals surface area contributed by atoms with E-state index >= 15 is 0 Å². The number of aliphatic carboxylic acids is 3. The van der Waals surface area contributed by atoms with E-state index in [1.807, 2.05) is 0 Å². The number of ether oxygens (including phenoxy) is 1. The molecule has 0 aliphatic heterocycles. The van der Waals surface area contributed by atoms with Gasteiger partial charge in [0.05, 0.1) is 0 Å². The Hall–Kier alpha value is -2.85. The maximum Gasteiger partial charge on any atom is 0.407 e. The molecule has 4 aliphatic rings. The lowest BCUT2D eigenvalue weighted by Crippen LogP contribution is -2.69. The number of hydrogen-bond acceptors (Lipinski definition) is 6. The van der Waals surface area contributed by atoms with Crippen molar-refractivity contribution >= 4 is 29.9 Å². The molecule has 2 amide bonds. The number of amides is 2. The summed E-state index contributed by atoms with van der Waals surface area (Å²) >= 11 is 0. The number of carboxylic acids is 3. The number of unbranched alkanes of at least 4 members (excludes halogenated alkanes) is 1. The maximum absolute atomic E-state index is 13.2. The summed E-state index contributed by atoms with van der Waals surface area (Å²) < 4.78 is 5.22. The second-order valence-electron chi connectivity index (χ2n) is 14.0. The number of nitrogens with one attached hydrogen (secondary N) is 2. The third-order valence-electron chi connectivity index (χ3n) is 8.90. The van der Waals surface area contributed by atoms with E-state index in [1.54, 1.807) is 20.8 Å². The van der Waals surface area contributed by atoms with Crippen LogP contribution in [0.25, 0.3) is 0 Å². The monoisotopic (exact) mass is 566 g/mol. The van der Waals surface area contributed by atoms with Gasteiger partial charge in [-0.2, -0.15) is 0 Å². The van der Waals surface area contributed by atoms with Crippen LogP contribution in [0.4, 0.5) is 4.79 Å². The fourth-order valence-electron chi connectivity index (χ4n) is 8.61. The van der Waals surface area contributed by atoms with Crippen molar-refractivity contribution in [2.45, 2.75) is 128 Å². The molecule has 0 unspecified atom stereocenters. The smallest absolute Gasteiger partial charge is 0.407 e. The summed E-state index contributed by atoms with van der Waals surface area (Å²) in [7, 11) is 0. The van der Waals surface area contributed by atoms with Gasteiger partial charge in [-0.05, 0) is 108 Å². The lowest BCUT2D eigenvalue weighted by Gasteiger charge is -2.71. The quantitative estimate of drug-likeness (QED) is 0.179. The van der Waals surface area contributed by atoms with Gasteiger partial charge in [-0.3, -0.25) is 19.2 Å². The SMILES string of the molecule is CC(C)(C)OC(=O)NCCCCC(=O)NC12CC3(CCC(=O)O)CC(CCC(=O)O)(CC(CCC(=O)O)(C3)C1)C2. The molecular formula is C29H46N2O9. The first-order valence-corrected chi connectivity index (χ1v) is 14.4. The first-order valence-electron chi connectivity index (χ1n) is 14.4. The van der Waals surface area contributed by atoms with Crippen molar-refractivity contribution in [1.29, 1.82) is 0 Å². The average Bonchev–Trinajstić information content (AvgIpc) is 2.78. The van der Waals surface area contributed by atoms with E-state index in [9.17, 15) is 39.3 Å². The van der Waals surface area contributed by atoms with E-state index in [0.717, 1.165) is 0 Å². The van der Waals surface area contributed by atoms with Crippen LogP contribution in [-0.4, -0.2) is 62.9 Å². The molecule has 4 bridgehead atoms. The molecule has 226 valence electrons. The number of carbonyl (C=O) groups excluding carboxylic acids is 2. The number of carbonyl (C=O) groups is 5. The number of rotatable bonds is 15. The first-order chi connectivity index (χ1) is 18.5. The number of alkyl carbamates (subject to hydrolysis) is 1. The minimum atomic E-state index is -0.895. The van der Waals surface area contributed by atoms with Crippen molar-refractivity contribution in [3.8, 4) is 0 Å². The highest BCUT2D eigenvalue weighted by atomic mass is 16.6. The molecule has 5 N–H and O–H groups in total. The van der Waals surface area contributed by atoms with Crippen molar-refractivity contribution < 1.29 is 44.0 Å². The van der Waals surface area contributed by atoms with Gasteiger partial charge in [0.1, 0.15) is 5.60 Å². The van der Waals surface area contributed by atoms with Gasteiger partial charge in [0.2, 0.25) is 5.91 Å². The van der Waals surface area contributed by atoms with Gasteiger partial charge in [-0.25, -0.2) is 4.79 Å². The molecular weight excluding hydrogens is 520 g/mol. The van der Waals surface area contributed by atoms with E-state index in [2.05, 4.69) is 10.6 Å². The summed E-state index contributed by atoms with van der Waals surface area (Å²) in [6.45, 7) is 5.72. The van der Waals surface area contributed by atoms with Gasteiger partial charge in [0, 0.05) is 37.8 Å². The zero-order valence-corrected chi connectivity index (χ0v) is 24.1. The fourth-order valence-corrected chi connectivity index (χ4v) is 8.61. The van der Waals surface area contributed by atoms with Gasteiger partial charge in [-0.1, -0.05) is 0 Å². The topological polar surface area (TPSA) is 179 Å². The summed E-state index contributed by atoms with van der Waals surface area (Å²) in [6.07, 6.45) is 6.16.